The van der Waals surface area contributed by atoms with Crippen LogP contribution in [-0.4, -0.2) is 0 Å². The highest BCUT2D eigenvalue weighted by atomic mass is 14.2. The summed E-state index contributed by atoms with van der Waals surface area (Å²) < 4.78 is 0. The summed E-state index contributed by atoms with van der Waals surface area (Å²) in [6, 6.07) is 10.7. The Morgan fingerprint density at radius 3 is 2.50 bits per heavy atom. The Morgan fingerprint density at radius 1 is 1.31 bits per heavy atom. The van der Waals surface area contributed by atoms with Crippen molar-refractivity contribution >= 4 is 0 Å². The van der Waals surface area contributed by atoms with Crippen molar-refractivity contribution in [2.75, 3.05) is 0 Å². The molecule has 0 nitrogen and oxygen atoms in total. The molecule has 0 N–H and O–H groups in total. The first-order valence-electron chi connectivity index (χ1n) is 6.14. The SMILES string of the molecule is C=C(C)[C@H](C=C1CCC1)Cc1ccccc1. The van der Waals surface area contributed by atoms with Crippen LogP contribution in [0.5, 0.6) is 0 Å². The van der Waals surface area contributed by atoms with Crippen molar-refractivity contribution in [1.29, 1.82) is 0 Å². The zero-order chi connectivity index (χ0) is 11.4. The van der Waals surface area contributed by atoms with Crippen LogP contribution in [0.3, 0.4) is 0 Å². The van der Waals surface area contributed by atoms with Gasteiger partial charge in [0.15, 0.2) is 0 Å². The monoisotopic (exact) mass is 212 g/mol. The lowest BCUT2D eigenvalue weighted by Gasteiger charge is -2.21. The minimum absolute atomic E-state index is 0.526. The van der Waals surface area contributed by atoms with E-state index in [0.29, 0.717) is 5.92 Å². The molecule has 0 unspecified atom stereocenters. The second kappa shape index (κ2) is 5.16. The lowest BCUT2D eigenvalue weighted by atomic mass is 9.85. The van der Waals surface area contributed by atoms with Gasteiger partial charge in [-0.25, -0.2) is 0 Å². The van der Waals surface area contributed by atoms with Crippen molar-refractivity contribution in [3.05, 3.63) is 59.7 Å². The summed E-state index contributed by atoms with van der Waals surface area (Å²) in [5.74, 6) is 0.526. The standard InChI is InChI=1S/C16H20/c1-13(2)16(12-15-9-6-10-15)11-14-7-4-3-5-8-14/h3-5,7-8,12,16H,1,6,9-11H2,2H3/t16-/m0/s1. The van der Waals surface area contributed by atoms with Crippen LogP contribution in [0.15, 0.2) is 54.1 Å². The van der Waals surface area contributed by atoms with Gasteiger partial charge in [-0.2, -0.15) is 0 Å². The number of allylic oxidation sites excluding steroid dienone is 3. The molecule has 0 aromatic heterocycles. The van der Waals surface area contributed by atoms with Crippen molar-refractivity contribution in [2.24, 2.45) is 5.92 Å². The van der Waals surface area contributed by atoms with Crippen molar-refractivity contribution in [1.82, 2.24) is 0 Å². The van der Waals surface area contributed by atoms with E-state index in [1.807, 2.05) is 0 Å². The number of hydrogen-bond acceptors (Lipinski definition) is 0. The van der Waals surface area contributed by atoms with Crippen molar-refractivity contribution in [3.63, 3.8) is 0 Å². The van der Waals surface area contributed by atoms with Crippen LogP contribution < -0.4 is 0 Å². The normalized spacial score (nSPS) is 16.4. The number of rotatable bonds is 4. The third-order valence-corrected chi connectivity index (χ3v) is 3.36. The van der Waals surface area contributed by atoms with E-state index in [-0.39, 0.29) is 0 Å². The van der Waals surface area contributed by atoms with Crippen molar-refractivity contribution in [2.45, 2.75) is 32.6 Å². The fraction of sp³-hybridized carbons (Fsp3) is 0.375. The molecule has 0 saturated heterocycles. The fourth-order valence-corrected chi connectivity index (χ4v) is 2.08. The summed E-state index contributed by atoms with van der Waals surface area (Å²) in [6.45, 7) is 6.26. The van der Waals surface area contributed by atoms with E-state index in [9.17, 15) is 0 Å². The Balaban J connectivity index is 2.06. The lowest BCUT2D eigenvalue weighted by Crippen LogP contribution is -2.06. The molecule has 1 aromatic rings. The van der Waals surface area contributed by atoms with Crippen LogP contribution in [0.4, 0.5) is 0 Å². The molecule has 0 heterocycles. The van der Waals surface area contributed by atoms with E-state index in [4.69, 9.17) is 0 Å². The van der Waals surface area contributed by atoms with Gasteiger partial charge in [-0.3, -0.25) is 0 Å². The molecular formula is C16H20. The van der Waals surface area contributed by atoms with Gasteiger partial charge in [0, 0.05) is 5.92 Å². The van der Waals surface area contributed by atoms with Crippen LogP contribution >= 0.6 is 0 Å². The summed E-state index contributed by atoms with van der Waals surface area (Å²) in [5.41, 5.74) is 4.32. The molecule has 16 heavy (non-hydrogen) atoms. The molecule has 0 bridgehead atoms. The molecule has 1 atom stereocenters. The smallest absolute Gasteiger partial charge is 0.00144 e. The maximum absolute atomic E-state index is 4.12. The maximum atomic E-state index is 4.12. The van der Waals surface area contributed by atoms with Crippen LogP contribution in [0.25, 0.3) is 0 Å². The fourth-order valence-electron chi connectivity index (χ4n) is 2.08. The van der Waals surface area contributed by atoms with E-state index in [1.165, 1.54) is 30.4 Å². The molecule has 1 aliphatic rings. The van der Waals surface area contributed by atoms with Gasteiger partial charge in [0.25, 0.3) is 0 Å². The van der Waals surface area contributed by atoms with Gasteiger partial charge in [-0.15, -0.1) is 0 Å². The quantitative estimate of drug-likeness (QED) is 0.643. The molecule has 1 aliphatic carbocycles. The van der Waals surface area contributed by atoms with Crippen molar-refractivity contribution < 1.29 is 0 Å². The molecule has 0 heteroatoms. The Labute approximate surface area is 98.7 Å². The summed E-state index contributed by atoms with van der Waals surface area (Å²) in [6.07, 6.45) is 7.52. The molecule has 0 radical (unpaired) electrons. The molecule has 1 fully saturated rings. The Morgan fingerprint density at radius 2 is 2.00 bits per heavy atom. The Kier molecular flexibility index (Phi) is 3.61. The molecule has 1 saturated carbocycles. The highest BCUT2D eigenvalue weighted by Gasteiger charge is 2.13. The first-order valence-corrected chi connectivity index (χ1v) is 6.14. The number of hydrogen-bond donors (Lipinski definition) is 0. The first kappa shape index (κ1) is 11.2. The predicted molar refractivity (Wildman–Crippen MR) is 70.4 cm³/mol. The van der Waals surface area contributed by atoms with Crippen LogP contribution in [0.2, 0.25) is 0 Å². The van der Waals surface area contributed by atoms with Crippen LogP contribution in [0.1, 0.15) is 31.7 Å². The first-order chi connectivity index (χ1) is 7.75. The van der Waals surface area contributed by atoms with Gasteiger partial charge in [-0.05, 0) is 38.2 Å². The predicted octanol–water partition coefficient (Wildman–Crippen LogP) is 4.53. The topological polar surface area (TPSA) is 0 Å². The van der Waals surface area contributed by atoms with Gasteiger partial charge in [0.05, 0.1) is 0 Å². The van der Waals surface area contributed by atoms with E-state index in [1.54, 1.807) is 5.57 Å². The second-order valence-electron chi connectivity index (χ2n) is 4.82. The molecule has 0 aliphatic heterocycles. The van der Waals surface area contributed by atoms with E-state index in [0.717, 1.165) is 6.42 Å². The van der Waals surface area contributed by atoms with Crippen LogP contribution in [-0.2, 0) is 6.42 Å². The van der Waals surface area contributed by atoms with Gasteiger partial charge < -0.3 is 0 Å². The lowest BCUT2D eigenvalue weighted by molar-refractivity contribution is 0.634. The van der Waals surface area contributed by atoms with Crippen molar-refractivity contribution in [3.8, 4) is 0 Å². The summed E-state index contributed by atoms with van der Waals surface area (Å²) in [7, 11) is 0. The summed E-state index contributed by atoms with van der Waals surface area (Å²) in [4.78, 5) is 0. The molecule has 0 amide bonds. The van der Waals surface area contributed by atoms with Crippen LogP contribution in [0, 0.1) is 5.92 Å². The maximum Gasteiger partial charge on any atom is 0.00144 e. The average Bonchev–Trinajstić information content (AvgIpc) is 2.22. The zero-order valence-corrected chi connectivity index (χ0v) is 10.1. The molecule has 0 spiro atoms. The minimum Gasteiger partial charge on any atom is -0.0995 e. The molecule has 1 aromatic carbocycles. The van der Waals surface area contributed by atoms with E-state index >= 15 is 0 Å². The third kappa shape index (κ3) is 2.85. The molecule has 84 valence electrons. The van der Waals surface area contributed by atoms with Gasteiger partial charge >= 0.3 is 0 Å². The molecular weight excluding hydrogens is 192 g/mol. The van der Waals surface area contributed by atoms with Gasteiger partial charge in [0.2, 0.25) is 0 Å². The van der Waals surface area contributed by atoms with E-state index < -0.39 is 0 Å². The third-order valence-electron chi connectivity index (χ3n) is 3.36. The van der Waals surface area contributed by atoms with Gasteiger partial charge in [0.1, 0.15) is 0 Å². The largest absolute Gasteiger partial charge is 0.0995 e. The Bertz CT molecular complexity index is 378. The summed E-state index contributed by atoms with van der Waals surface area (Å²) in [5, 5.41) is 0. The highest BCUT2D eigenvalue weighted by molar-refractivity contribution is 5.23. The minimum atomic E-state index is 0.526. The van der Waals surface area contributed by atoms with Gasteiger partial charge in [-0.1, -0.05) is 54.1 Å². The van der Waals surface area contributed by atoms with E-state index in [2.05, 4.69) is 49.9 Å². The Hall–Kier alpha value is -1.30. The average molecular weight is 212 g/mol. The highest BCUT2D eigenvalue weighted by Crippen LogP contribution is 2.29. The number of benzene rings is 1. The zero-order valence-electron chi connectivity index (χ0n) is 10.1. The second-order valence-corrected chi connectivity index (χ2v) is 4.82. The summed E-state index contributed by atoms with van der Waals surface area (Å²) >= 11 is 0. The molecule has 2 rings (SSSR count).